The van der Waals surface area contributed by atoms with Crippen LogP contribution in [0.5, 0.6) is 0 Å². The summed E-state index contributed by atoms with van der Waals surface area (Å²) in [5.41, 5.74) is 8.22. The summed E-state index contributed by atoms with van der Waals surface area (Å²) in [5.74, 6) is 0.655. The van der Waals surface area contributed by atoms with Gasteiger partial charge in [-0.2, -0.15) is 0 Å². The number of rotatable bonds is 2. The van der Waals surface area contributed by atoms with Crippen molar-refractivity contribution >= 4 is 16.7 Å². The zero-order valence-electron chi connectivity index (χ0n) is 11.5. The van der Waals surface area contributed by atoms with Gasteiger partial charge in [-0.05, 0) is 25.0 Å². The monoisotopic (exact) mass is 269 g/mol. The van der Waals surface area contributed by atoms with Crippen LogP contribution in [0.3, 0.4) is 0 Å². The van der Waals surface area contributed by atoms with Gasteiger partial charge in [-0.15, -0.1) is 0 Å². The molecule has 0 amide bonds. The van der Waals surface area contributed by atoms with Crippen LogP contribution in [-0.2, 0) is 11.3 Å². The largest absolute Gasteiger partial charge is 0.383 e. The van der Waals surface area contributed by atoms with E-state index in [2.05, 4.69) is 22.0 Å². The topological polar surface area (TPSA) is 51.4 Å². The minimum Gasteiger partial charge on any atom is -0.383 e. The molecule has 2 aliphatic rings. The molecule has 0 saturated carbocycles. The van der Waals surface area contributed by atoms with Crippen LogP contribution in [0.2, 0.25) is 0 Å². The van der Waals surface area contributed by atoms with Crippen molar-refractivity contribution in [3.63, 3.8) is 0 Å². The van der Waals surface area contributed by atoms with Crippen LogP contribution in [0.15, 0.2) is 30.3 Å². The number of nitrogens with zero attached hydrogens (tertiary/aromatic N) is 2. The van der Waals surface area contributed by atoms with E-state index in [4.69, 9.17) is 10.5 Å². The second-order valence-corrected chi connectivity index (χ2v) is 5.88. The standard InChI is InChI=1S/C16H19N3O/c17-16-12(7-11-3-1-2-4-15(11)18-16)8-19-9-13-5-6-14(10-19)20-13/h1-4,7,13-14H,5-6,8-10H2,(H2,17,18). The molecular weight excluding hydrogens is 250 g/mol. The molecule has 4 rings (SSSR count). The van der Waals surface area contributed by atoms with Crippen molar-refractivity contribution in [2.75, 3.05) is 18.8 Å². The predicted octanol–water partition coefficient (Wildman–Crippen LogP) is 2.18. The summed E-state index contributed by atoms with van der Waals surface area (Å²) in [6.07, 6.45) is 3.24. The van der Waals surface area contributed by atoms with Gasteiger partial charge in [0.25, 0.3) is 0 Å². The van der Waals surface area contributed by atoms with Crippen LogP contribution in [0, 0.1) is 0 Å². The third-order valence-corrected chi connectivity index (χ3v) is 4.35. The quantitative estimate of drug-likeness (QED) is 0.908. The van der Waals surface area contributed by atoms with E-state index >= 15 is 0 Å². The Bertz CT molecular complexity index is 631. The lowest BCUT2D eigenvalue weighted by molar-refractivity contribution is -0.0410. The molecule has 2 aliphatic heterocycles. The fraction of sp³-hybridized carbons (Fsp3) is 0.438. The number of fused-ring (bicyclic) bond motifs is 3. The number of aromatic nitrogens is 1. The molecular formula is C16H19N3O. The molecule has 20 heavy (non-hydrogen) atoms. The van der Waals surface area contributed by atoms with Crippen LogP contribution in [0.1, 0.15) is 18.4 Å². The van der Waals surface area contributed by atoms with Gasteiger partial charge in [0.1, 0.15) is 5.82 Å². The maximum absolute atomic E-state index is 6.12. The third-order valence-electron chi connectivity index (χ3n) is 4.35. The number of nitrogen functional groups attached to an aromatic ring is 1. The molecule has 2 N–H and O–H groups in total. The summed E-state index contributed by atoms with van der Waals surface area (Å²) in [7, 11) is 0. The van der Waals surface area contributed by atoms with Crippen LogP contribution in [0.25, 0.3) is 10.9 Å². The molecule has 104 valence electrons. The number of hydrogen-bond acceptors (Lipinski definition) is 4. The van der Waals surface area contributed by atoms with Gasteiger partial charge >= 0.3 is 0 Å². The highest BCUT2D eigenvalue weighted by Crippen LogP contribution is 2.28. The average Bonchev–Trinajstić information content (AvgIpc) is 2.79. The molecule has 2 bridgehead atoms. The number of likely N-dealkylation sites (tertiary alicyclic amines) is 1. The lowest BCUT2D eigenvalue weighted by Gasteiger charge is -2.32. The van der Waals surface area contributed by atoms with Gasteiger partial charge < -0.3 is 10.5 Å². The summed E-state index contributed by atoms with van der Waals surface area (Å²) >= 11 is 0. The smallest absolute Gasteiger partial charge is 0.128 e. The molecule has 2 fully saturated rings. The van der Waals surface area contributed by atoms with Gasteiger partial charge in [-0.25, -0.2) is 4.98 Å². The second kappa shape index (κ2) is 4.72. The number of nitrogens with two attached hydrogens (primary N) is 1. The minimum atomic E-state index is 0.420. The maximum Gasteiger partial charge on any atom is 0.128 e. The van der Waals surface area contributed by atoms with E-state index in [9.17, 15) is 0 Å². The number of pyridine rings is 1. The molecule has 0 radical (unpaired) electrons. The highest BCUT2D eigenvalue weighted by Gasteiger charge is 2.33. The summed E-state index contributed by atoms with van der Waals surface area (Å²) in [5, 5.41) is 1.16. The minimum absolute atomic E-state index is 0.420. The van der Waals surface area contributed by atoms with Crippen molar-refractivity contribution in [3.05, 3.63) is 35.9 Å². The Balaban J connectivity index is 1.60. The lowest BCUT2D eigenvalue weighted by atomic mass is 10.1. The first-order valence-corrected chi connectivity index (χ1v) is 7.30. The number of anilines is 1. The summed E-state index contributed by atoms with van der Waals surface area (Å²) < 4.78 is 5.88. The van der Waals surface area contributed by atoms with E-state index < -0.39 is 0 Å². The molecule has 2 saturated heterocycles. The lowest BCUT2D eigenvalue weighted by Crippen LogP contribution is -2.42. The van der Waals surface area contributed by atoms with Gasteiger partial charge in [0, 0.05) is 30.6 Å². The molecule has 2 atom stereocenters. The van der Waals surface area contributed by atoms with E-state index in [0.717, 1.165) is 36.1 Å². The van der Waals surface area contributed by atoms with Crippen LogP contribution < -0.4 is 5.73 Å². The zero-order chi connectivity index (χ0) is 13.5. The molecule has 2 aromatic rings. The Morgan fingerprint density at radius 2 is 1.95 bits per heavy atom. The molecule has 1 aromatic carbocycles. The van der Waals surface area contributed by atoms with Crippen molar-refractivity contribution in [1.82, 2.24) is 9.88 Å². The first kappa shape index (κ1) is 12.1. The molecule has 4 nitrogen and oxygen atoms in total. The van der Waals surface area contributed by atoms with E-state index in [0.29, 0.717) is 18.0 Å². The van der Waals surface area contributed by atoms with Crippen LogP contribution in [0.4, 0.5) is 5.82 Å². The van der Waals surface area contributed by atoms with Gasteiger partial charge in [0.15, 0.2) is 0 Å². The fourth-order valence-electron chi connectivity index (χ4n) is 3.37. The molecule has 0 aliphatic carbocycles. The van der Waals surface area contributed by atoms with Crippen molar-refractivity contribution in [3.8, 4) is 0 Å². The van der Waals surface area contributed by atoms with E-state index in [-0.39, 0.29) is 0 Å². The van der Waals surface area contributed by atoms with Crippen molar-refractivity contribution in [2.45, 2.75) is 31.6 Å². The van der Waals surface area contributed by atoms with E-state index in [1.54, 1.807) is 0 Å². The highest BCUT2D eigenvalue weighted by atomic mass is 16.5. The number of morpholine rings is 1. The van der Waals surface area contributed by atoms with Gasteiger partial charge in [-0.3, -0.25) is 4.90 Å². The van der Waals surface area contributed by atoms with Gasteiger partial charge in [0.2, 0.25) is 0 Å². The molecule has 1 aromatic heterocycles. The molecule has 2 unspecified atom stereocenters. The predicted molar refractivity (Wildman–Crippen MR) is 79.3 cm³/mol. The average molecular weight is 269 g/mol. The Morgan fingerprint density at radius 1 is 1.20 bits per heavy atom. The first-order valence-electron chi connectivity index (χ1n) is 7.30. The van der Waals surface area contributed by atoms with Crippen molar-refractivity contribution in [2.24, 2.45) is 0 Å². The van der Waals surface area contributed by atoms with E-state index in [1.165, 1.54) is 12.8 Å². The van der Waals surface area contributed by atoms with E-state index in [1.807, 2.05) is 18.2 Å². The normalized spacial score (nSPS) is 26.2. The number of ether oxygens (including phenoxy) is 1. The Labute approximate surface area is 118 Å². The summed E-state index contributed by atoms with van der Waals surface area (Å²) in [4.78, 5) is 6.97. The number of hydrogen-bond donors (Lipinski definition) is 1. The Morgan fingerprint density at radius 3 is 2.75 bits per heavy atom. The number of benzene rings is 1. The summed E-state index contributed by atoms with van der Waals surface area (Å²) in [6, 6.07) is 10.3. The molecule has 0 spiro atoms. The van der Waals surface area contributed by atoms with Gasteiger partial charge in [0.05, 0.1) is 17.7 Å². The first-order chi connectivity index (χ1) is 9.78. The van der Waals surface area contributed by atoms with Crippen molar-refractivity contribution < 1.29 is 4.74 Å². The Kier molecular flexibility index (Phi) is 2.86. The molecule has 3 heterocycles. The van der Waals surface area contributed by atoms with Crippen molar-refractivity contribution in [1.29, 1.82) is 0 Å². The van der Waals surface area contributed by atoms with Gasteiger partial charge in [-0.1, -0.05) is 18.2 Å². The number of para-hydroxylation sites is 1. The highest BCUT2D eigenvalue weighted by molar-refractivity contribution is 5.81. The zero-order valence-corrected chi connectivity index (χ0v) is 11.5. The Hall–Kier alpha value is -1.65. The molecule has 4 heteroatoms. The summed E-state index contributed by atoms with van der Waals surface area (Å²) in [6.45, 7) is 2.91. The SMILES string of the molecule is Nc1nc2ccccc2cc1CN1CC2CCC(C1)O2. The maximum atomic E-state index is 6.12. The van der Waals surface area contributed by atoms with Crippen LogP contribution in [-0.4, -0.2) is 35.2 Å². The fourth-order valence-corrected chi connectivity index (χ4v) is 3.37. The third kappa shape index (κ3) is 2.15. The second-order valence-electron chi connectivity index (χ2n) is 5.88. The van der Waals surface area contributed by atoms with Crippen LogP contribution >= 0.6 is 0 Å².